The van der Waals surface area contributed by atoms with E-state index in [0.717, 1.165) is 17.2 Å². The average Bonchev–Trinajstić information content (AvgIpc) is 2.63. The highest BCUT2D eigenvalue weighted by Gasteiger charge is 2.10. The summed E-state index contributed by atoms with van der Waals surface area (Å²) >= 11 is 7.37. The molecule has 0 fully saturated rings. The minimum Gasteiger partial charge on any atom is -0.375 e. The highest BCUT2D eigenvalue weighted by atomic mass is 35.5. The van der Waals surface area contributed by atoms with Crippen molar-refractivity contribution in [1.82, 2.24) is 9.88 Å². The quantitative estimate of drug-likeness (QED) is 0.786. The second-order valence-corrected chi connectivity index (χ2v) is 5.17. The van der Waals surface area contributed by atoms with Crippen LogP contribution in [-0.2, 0) is 11.3 Å². The van der Waals surface area contributed by atoms with Crippen LogP contribution in [0, 0.1) is 0 Å². The molecule has 0 bridgehead atoms. The van der Waals surface area contributed by atoms with Crippen molar-refractivity contribution in [3.8, 4) is 0 Å². The Balaban J connectivity index is 2.54. The third-order valence-corrected chi connectivity index (χ3v) is 3.32. The lowest BCUT2D eigenvalue weighted by Gasteiger charge is -2.13. The minimum atomic E-state index is 0.0621. The average molecular weight is 261 g/mol. The Morgan fingerprint density at radius 2 is 2.44 bits per heavy atom. The standard InChI is InChI=1S/C11H17ClN2OS/c1-8(12)5-14(3)6-10-7-16-11(13-10)9(2)15-4/h7,9H,1,5-6H2,2-4H3. The smallest absolute Gasteiger partial charge is 0.122 e. The number of thiazole rings is 1. The van der Waals surface area contributed by atoms with Crippen LogP contribution in [0.3, 0.4) is 0 Å². The molecule has 0 aromatic carbocycles. The van der Waals surface area contributed by atoms with E-state index in [2.05, 4.69) is 21.8 Å². The molecule has 0 saturated carbocycles. The summed E-state index contributed by atoms with van der Waals surface area (Å²) in [6, 6.07) is 0. The highest BCUT2D eigenvalue weighted by molar-refractivity contribution is 7.09. The number of likely N-dealkylation sites (N-methyl/N-ethyl adjacent to an activating group) is 1. The van der Waals surface area contributed by atoms with Crippen LogP contribution in [0.15, 0.2) is 17.0 Å². The van der Waals surface area contributed by atoms with Gasteiger partial charge in [0.05, 0.1) is 5.69 Å². The topological polar surface area (TPSA) is 25.4 Å². The summed E-state index contributed by atoms with van der Waals surface area (Å²) < 4.78 is 5.22. The zero-order chi connectivity index (χ0) is 12.1. The molecule has 0 amide bonds. The van der Waals surface area contributed by atoms with Crippen molar-refractivity contribution in [3.63, 3.8) is 0 Å². The molecule has 3 nitrogen and oxygen atoms in total. The first-order chi connectivity index (χ1) is 7.52. The molecule has 1 heterocycles. The Kier molecular flexibility index (Phi) is 5.41. The van der Waals surface area contributed by atoms with Crippen LogP contribution in [0.4, 0.5) is 0 Å². The number of ether oxygens (including phenoxy) is 1. The second-order valence-electron chi connectivity index (χ2n) is 3.74. The van der Waals surface area contributed by atoms with Crippen LogP contribution in [0.2, 0.25) is 0 Å². The molecule has 1 aromatic heterocycles. The molecular weight excluding hydrogens is 244 g/mol. The van der Waals surface area contributed by atoms with Crippen molar-refractivity contribution < 1.29 is 4.74 Å². The van der Waals surface area contributed by atoms with Gasteiger partial charge in [-0.25, -0.2) is 4.98 Å². The summed E-state index contributed by atoms with van der Waals surface area (Å²) in [5, 5.41) is 3.71. The summed E-state index contributed by atoms with van der Waals surface area (Å²) in [6.45, 7) is 7.11. The Morgan fingerprint density at radius 3 is 3.00 bits per heavy atom. The fourth-order valence-electron chi connectivity index (χ4n) is 1.31. The van der Waals surface area contributed by atoms with Gasteiger partial charge in [0, 0.05) is 30.6 Å². The molecule has 5 heteroatoms. The van der Waals surface area contributed by atoms with Crippen molar-refractivity contribution in [3.05, 3.63) is 27.7 Å². The van der Waals surface area contributed by atoms with Gasteiger partial charge in [0.2, 0.25) is 0 Å². The van der Waals surface area contributed by atoms with Crippen LogP contribution in [0.5, 0.6) is 0 Å². The normalized spacial score (nSPS) is 13.1. The molecule has 0 spiro atoms. The predicted molar refractivity (Wildman–Crippen MR) is 68.9 cm³/mol. The summed E-state index contributed by atoms with van der Waals surface area (Å²) in [6.07, 6.45) is 0.0621. The lowest BCUT2D eigenvalue weighted by atomic mass is 10.4. The Morgan fingerprint density at radius 1 is 1.75 bits per heavy atom. The van der Waals surface area contributed by atoms with E-state index in [0.29, 0.717) is 11.6 Å². The van der Waals surface area contributed by atoms with E-state index in [-0.39, 0.29) is 6.10 Å². The van der Waals surface area contributed by atoms with E-state index in [1.54, 1.807) is 18.4 Å². The molecule has 90 valence electrons. The molecule has 0 aliphatic carbocycles. The number of hydrogen-bond acceptors (Lipinski definition) is 4. The van der Waals surface area contributed by atoms with Gasteiger partial charge in [0.1, 0.15) is 11.1 Å². The third kappa shape index (κ3) is 4.22. The zero-order valence-corrected chi connectivity index (χ0v) is 11.4. The maximum absolute atomic E-state index is 5.74. The fourth-order valence-corrected chi connectivity index (χ4v) is 2.35. The van der Waals surface area contributed by atoms with Gasteiger partial charge in [-0.15, -0.1) is 11.3 Å². The van der Waals surface area contributed by atoms with Crippen molar-refractivity contribution in [2.75, 3.05) is 20.7 Å². The van der Waals surface area contributed by atoms with Gasteiger partial charge >= 0.3 is 0 Å². The molecule has 0 aliphatic rings. The van der Waals surface area contributed by atoms with Crippen LogP contribution in [-0.4, -0.2) is 30.6 Å². The van der Waals surface area contributed by atoms with Gasteiger partial charge in [-0.05, 0) is 14.0 Å². The number of rotatable bonds is 6. The summed E-state index contributed by atoms with van der Waals surface area (Å²) in [5.41, 5.74) is 1.05. The first kappa shape index (κ1) is 13.6. The Hall–Kier alpha value is -0.420. The molecule has 1 aromatic rings. The molecular formula is C11H17ClN2OS. The van der Waals surface area contributed by atoms with E-state index in [4.69, 9.17) is 16.3 Å². The Bertz CT molecular complexity index is 354. The molecule has 0 saturated heterocycles. The maximum Gasteiger partial charge on any atom is 0.122 e. The lowest BCUT2D eigenvalue weighted by Crippen LogP contribution is -2.19. The van der Waals surface area contributed by atoms with E-state index >= 15 is 0 Å². The molecule has 0 radical (unpaired) electrons. The second kappa shape index (κ2) is 6.35. The number of hydrogen-bond donors (Lipinski definition) is 0. The Labute approximate surface area is 106 Å². The summed E-state index contributed by atoms with van der Waals surface area (Å²) in [4.78, 5) is 6.58. The van der Waals surface area contributed by atoms with Crippen molar-refractivity contribution in [2.24, 2.45) is 0 Å². The molecule has 0 aliphatic heterocycles. The molecule has 0 N–H and O–H groups in total. The molecule has 1 atom stereocenters. The monoisotopic (exact) mass is 260 g/mol. The molecule has 1 unspecified atom stereocenters. The third-order valence-electron chi connectivity index (χ3n) is 2.14. The number of aromatic nitrogens is 1. The van der Waals surface area contributed by atoms with Crippen LogP contribution < -0.4 is 0 Å². The van der Waals surface area contributed by atoms with Gasteiger partial charge < -0.3 is 4.74 Å². The van der Waals surface area contributed by atoms with Crippen molar-refractivity contribution in [2.45, 2.75) is 19.6 Å². The first-order valence-corrected chi connectivity index (χ1v) is 6.27. The number of nitrogens with zero attached hydrogens (tertiary/aromatic N) is 2. The molecule has 16 heavy (non-hydrogen) atoms. The van der Waals surface area contributed by atoms with E-state index in [9.17, 15) is 0 Å². The largest absolute Gasteiger partial charge is 0.375 e. The minimum absolute atomic E-state index is 0.0621. The molecule has 1 rings (SSSR count). The summed E-state index contributed by atoms with van der Waals surface area (Å²) in [5.74, 6) is 0. The SMILES string of the molecule is C=C(Cl)CN(C)Cc1csc(C(C)OC)n1. The van der Waals surface area contributed by atoms with Gasteiger partial charge in [-0.1, -0.05) is 18.2 Å². The predicted octanol–water partition coefficient (Wildman–Crippen LogP) is 3.03. The van der Waals surface area contributed by atoms with Gasteiger partial charge in [0.25, 0.3) is 0 Å². The van der Waals surface area contributed by atoms with E-state index < -0.39 is 0 Å². The zero-order valence-electron chi connectivity index (χ0n) is 9.86. The van der Waals surface area contributed by atoms with Crippen molar-refractivity contribution >= 4 is 22.9 Å². The first-order valence-electron chi connectivity index (χ1n) is 5.02. The van der Waals surface area contributed by atoms with Crippen molar-refractivity contribution in [1.29, 1.82) is 0 Å². The lowest BCUT2D eigenvalue weighted by molar-refractivity contribution is 0.119. The van der Waals surface area contributed by atoms with Crippen LogP contribution in [0.1, 0.15) is 23.7 Å². The maximum atomic E-state index is 5.74. The fraction of sp³-hybridized carbons (Fsp3) is 0.545. The van der Waals surface area contributed by atoms with E-state index in [1.807, 2.05) is 14.0 Å². The number of methoxy groups -OCH3 is 1. The summed E-state index contributed by atoms with van der Waals surface area (Å²) in [7, 11) is 3.68. The van der Waals surface area contributed by atoms with Gasteiger partial charge in [-0.3, -0.25) is 4.90 Å². The number of halogens is 1. The van der Waals surface area contributed by atoms with Gasteiger partial charge in [0.15, 0.2) is 0 Å². The van der Waals surface area contributed by atoms with Crippen LogP contribution >= 0.6 is 22.9 Å². The van der Waals surface area contributed by atoms with E-state index in [1.165, 1.54) is 0 Å². The highest BCUT2D eigenvalue weighted by Crippen LogP contribution is 2.21. The van der Waals surface area contributed by atoms with Crippen LogP contribution in [0.25, 0.3) is 0 Å². The van der Waals surface area contributed by atoms with Gasteiger partial charge in [-0.2, -0.15) is 0 Å².